The number of rotatable bonds is 4. The van der Waals surface area contributed by atoms with Gasteiger partial charge in [0.2, 0.25) is 5.78 Å². The number of carbonyl (C=O) groups excluding carboxylic acids is 2. The van der Waals surface area contributed by atoms with Crippen LogP contribution in [0.4, 0.5) is 4.39 Å². The summed E-state index contributed by atoms with van der Waals surface area (Å²) in [7, 11) is 0. The number of benzene rings is 1. The number of ketones is 2. The van der Waals surface area contributed by atoms with Crippen LogP contribution in [-0.4, -0.2) is 45.8 Å². The van der Waals surface area contributed by atoms with Crippen LogP contribution in [0.2, 0.25) is 10.0 Å². The largest absolute Gasteiger partial charge is 0.486 e. The lowest BCUT2D eigenvalue weighted by atomic mass is 9.44. The summed E-state index contributed by atoms with van der Waals surface area (Å²) in [5.74, 6) is -0.959. The topological polar surface area (TPSA) is 83.8 Å². The number of carbonyl (C=O) groups is 2. The molecule has 1 aromatic carbocycles. The van der Waals surface area contributed by atoms with Crippen molar-refractivity contribution in [3.63, 3.8) is 0 Å². The Morgan fingerprint density at radius 3 is 2.49 bits per heavy atom. The maximum Gasteiger partial charge on any atom is 0.202 e. The number of alkyl halides is 1. The van der Waals surface area contributed by atoms with Gasteiger partial charge in [0.15, 0.2) is 5.78 Å². The highest BCUT2D eigenvalue weighted by molar-refractivity contribution is 6.34. The van der Waals surface area contributed by atoms with E-state index in [0.717, 1.165) is 5.57 Å². The van der Waals surface area contributed by atoms with E-state index >= 15 is 4.39 Å². The zero-order valence-corrected chi connectivity index (χ0v) is 21.5. The zero-order valence-electron chi connectivity index (χ0n) is 20.0. The van der Waals surface area contributed by atoms with Crippen LogP contribution in [0.5, 0.6) is 5.75 Å². The molecule has 0 spiro atoms. The van der Waals surface area contributed by atoms with Crippen molar-refractivity contribution in [2.75, 3.05) is 6.61 Å². The second kappa shape index (κ2) is 8.27. The van der Waals surface area contributed by atoms with Crippen molar-refractivity contribution < 1.29 is 28.9 Å². The summed E-state index contributed by atoms with van der Waals surface area (Å²) in [6.07, 6.45) is 2.55. The van der Waals surface area contributed by atoms with Crippen molar-refractivity contribution in [3.05, 3.63) is 39.9 Å². The monoisotopic (exact) mass is 524 g/mol. The first-order chi connectivity index (χ1) is 16.3. The summed E-state index contributed by atoms with van der Waals surface area (Å²) in [4.78, 5) is 25.4. The van der Waals surface area contributed by atoms with Crippen LogP contribution in [0, 0.1) is 22.7 Å². The summed E-state index contributed by atoms with van der Waals surface area (Å²) in [5, 5.41) is 23.8. The van der Waals surface area contributed by atoms with Gasteiger partial charge < -0.3 is 14.9 Å². The van der Waals surface area contributed by atoms with E-state index in [1.54, 1.807) is 19.1 Å². The molecule has 0 aliphatic heterocycles. The molecule has 0 aromatic heterocycles. The molecule has 4 aliphatic carbocycles. The molecular formula is C27H31Cl2FO5. The van der Waals surface area contributed by atoms with E-state index in [9.17, 15) is 19.8 Å². The van der Waals surface area contributed by atoms with Crippen LogP contribution in [0.25, 0.3) is 0 Å². The summed E-state index contributed by atoms with van der Waals surface area (Å²) in [6, 6.07) is 4.62. The van der Waals surface area contributed by atoms with Crippen LogP contribution < -0.4 is 4.74 Å². The number of ether oxygens (including phenoxy) is 1. The van der Waals surface area contributed by atoms with Gasteiger partial charge in [0, 0.05) is 33.2 Å². The normalized spacial score (nSPS) is 42.5. The summed E-state index contributed by atoms with van der Waals surface area (Å²) >= 11 is 12.0. The number of aliphatic hydroxyl groups is 2. The molecule has 0 amide bonds. The number of fused-ring (bicyclic) bond motifs is 5. The second-order valence-corrected chi connectivity index (χ2v) is 12.2. The molecule has 35 heavy (non-hydrogen) atoms. The van der Waals surface area contributed by atoms with Crippen molar-refractivity contribution in [2.45, 2.75) is 76.2 Å². The highest BCUT2D eigenvalue weighted by Crippen LogP contribution is 2.70. The molecule has 0 bridgehead atoms. The second-order valence-electron chi connectivity index (χ2n) is 11.3. The quantitative estimate of drug-likeness (QED) is 0.560. The summed E-state index contributed by atoms with van der Waals surface area (Å²) in [5.41, 5.74) is -4.80. The first-order valence-corrected chi connectivity index (χ1v) is 13.1. The molecule has 3 saturated carbocycles. The number of hydrogen-bond acceptors (Lipinski definition) is 5. The van der Waals surface area contributed by atoms with Gasteiger partial charge in [0.05, 0.1) is 6.10 Å². The van der Waals surface area contributed by atoms with E-state index in [-0.39, 0.29) is 37.6 Å². The van der Waals surface area contributed by atoms with Crippen molar-refractivity contribution in [1.82, 2.24) is 0 Å². The van der Waals surface area contributed by atoms with E-state index < -0.39 is 39.9 Å². The van der Waals surface area contributed by atoms with Gasteiger partial charge in [-0.25, -0.2) is 4.39 Å². The number of hydrogen-bond donors (Lipinski definition) is 2. The van der Waals surface area contributed by atoms with Gasteiger partial charge in [-0.2, -0.15) is 0 Å². The van der Waals surface area contributed by atoms with Gasteiger partial charge in [-0.1, -0.05) is 42.6 Å². The van der Waals surface area contributed by atoms with Crippen LogP contribution in [-0.2, 0) is 9.59 Å². The minimum absolute atomic E-state index is 0.0106. The van der Waals surface area contributed by atoms with E-state index in [4.69, 9.17) is 27.9 Å². The lowest BCUT2D eigenvalue weighted by Gasteiger charge is -2.63. The zero-order chi connectivity index (χ0) is 25.4. The molecule has 0 heterocycles. The van der Waals surface area contributed by atoms with Crippen LogP contribution >= 0.6 is 23.2 Å². The average Bonchev–Trinajstić information content (AvgIpc) is 3.04. The van der Waals surface area contributed by atoms with Crippen molar-refractivity contribution in [1.29, 1.82) is 0 Å². The average molecular weight is 525 g/mol. The fraction of sp³-hybridized carbons (Fsp3) is 0.630. The predicted octanol–water partition coefficient (Wildman–Crippen LogP) is 5.27. The highest BCUT2D eigenvalue weighted by Gasteiger charge is 2.74. The molecule has 0 saturated heterocycles. The summed E-state index contributed by atoms with van der Waals surface area (Å²) in [6.45, 7) is 3.25. The van der Waals surface area contributed by atoms with Crippen LogP contribution in [0.1, 0.15) is 58.8 Å². The first kappa shape index (κ1) is 25.2. The van der Waals surface area contributed by atoms with Gasteiger partial charge >= 0.3 is 0 Å². The van der Waals surface area contributed by atoms with Gasteiger partial charge in [0.1, 0.15) is 23.6 Å². The van der Waals surface area contributed by atoms with Crippen molar-refractivity contribution >= 4 is 34.8 Å². The van der Waals surface area contributed by atoms with Crippen LogP contribution in [0.15, 0.2) is 29.8 Å². The Bertz CT molecular complexity index is 1100. The molecule has 190 valence electrons. The van der Waals surface area contributed by atoms with E-state index in [1.165, 1.54) is 12.1 Å². The molecular weight excluding hydrogens is 494 g/mol. The maximum atomic E-state index is 17.1. The number of Topliss-reactive ketones (excluding diaryl/α,β-unsaturated/α-hetero) is 1. The molecule has 0 radical (unpaired) electrons. The third-order valence-corrected chi connectivity index (χ3v) is 10.3. The lowest BCUT2D eigenvalue weighted by Crippen LogP contribution is -2.69. The fourth-order valence-corrected chi connectivity index (χ4v) is 8.42. The van der Waals surface area contributed by atoms with E-state index in [1.807, 2.05) is 6.92 Å². The number of aliphatic hydroxyl groups excluding tert-OH is 1. The molecule has 5 rings (SSSR count). The molecule has 7 atom stereocenters. The summed E-state index contributed by atoms with van der Waals surface area (Å²) < 4.78 is 22.8. The molecule has 3 fully saturated rings. The molecule has 8 heteroatoms. The van der Waals surface area contributed by atoms with Crippen molar-refractivity contribution in [2.24, 2.45) is 22.7 Å². The smallest absolute Gasteiger partial charge is 0.202 e. The molecule has 5 nitrogen and oxygen atoms in total. The Morgan fingerprint density at radius 1 is 1.11 bits per heavy atom. The van der Waals surface area contributed by atoms with Gasteiger partial charge in [-0.3, -0.25) is 9.59 Å². The van der Waals surface area contributed by atoms with Crippen molar-refractivity contribution in [3.8, 4) is 5.75 Å². The molecule has 4 unspecified atom stereocenters. The Kier molecular flexibility index (Phi) is 5.95. The standard InChI is InChI=1S/C27H31Cl2FO5/c1-24-7-5-18(31)9-15(24)3-4-21-20-6-8-26(34,25(20,2)13-22(32)27(21,24)30)23(33)14-35-19-11-16(28)10-17(29)12-19/h9-12,20-22,32,34H,3-8,13-14H2,1-2H3/t20?,21?,22-,24?,25?,26-,27-/m0/s1. The maximum absolute atomic E-state index is 17.1. The van der Waals surface area contributed by atoms with E-state index in [0.29, 0.717) is 41.5 Å². The molecule has 4 aliphatic rings. The minimum Gasteiger partial charge on any atom is -0.486 e. The van der Waals surface area contributed by atoms with Gasteiger partial charge in [-0.05, 0) is 68.7 Å². The first-order valence-electron chi connectivity index (χ1n) is 12.3. The number of halogens is 3. The Balaban J connectivity index is 1.43. The Morgan fingerprint density at radius 2 is 1.80 bits per heavy atom. The number of allylic oxidation sites excluding steroid dienone is 1. The third kappa shape index (κ3) is 3.47. The molecule has 1 aromatic rings. The van der Waals surface area contributed by atoms with Gasteiger partial charge in [-0.15, -0.1) is 0 Å². The predicted molar refractivity (Wildman–Crippen MR) is 130 cm³/mol. The lowest BCUT2D eigenvalue weighted by molar-refractivity contribution is -0.226. The Labute approximate surface area is 214 Å². The van der Waals surface area contributed by atoms with Gasteiger partial charge in [0.25, 0.3) is 0 Å². The molecule has 2 N–H and O–H groups in total. The van der Waals surface area contributed by atoms with E-state index in [2.05, 4.69) is 0 Å². The fourth-order valence-electron chi connectivity index (χ4n) is 7.91. The third-order valence-electron chi connectivity index (χ3n) is 9.86. The minimum atomic E-state index is -1.91. The Hall–Kier alpha value is -1.47. The van der Waals surface area contributed by atoms with Crippen LogP contribution in [0.3, 0.4) is 0 Å². The highest BCUT2D eigenvalue weighted by atomic mass is 35.5. The SMILES string of the molecule is CC12C[C@H](O)[C@@]3(F)C(CCC4=CC(=O)CCC43C)C1CC[C@]2(O)C(=O)COc1cc(Cl)cc(Cl)c1.